The van der Waals surface area contributed by atoms with Crippen LogP contribution in [-0.4, -0.2) is 11.3 Å². The Morgan fingerprint density at radius 1 is 1.64 bits per heavy atom. The number of nitriles is 1. The van der Waals surface area contributed by atoms with Crippen molar-refractivity contribution < 1.29 is 13.6 Å². The monoisotopic (exact) mass is 197 g/mol. The predicted molar refractivity (Wildman–Crippen MR) is 43.7 cm³/mol. The lowest BCUT2D eigenvalue weighted by Gasteiger charge is -2.05. The smallest absolute Gasteiger partial charge is 0.268 e. The van der Waals surface area contributed by atoms with E-state index in [-0.39, 0.29) is 11.3 Å². The van der Waals surface area contributed by atoms with Crippen LogP contribution >= 0.6 is 0 Å². The van der Waals surface area contributed by atoms with E-state index in [9.17, 15) is 13.6 Å². The molecule has 0 saturated heterocycles. The fourth-order valence-electron chi connectivity index (χ4n) is 0.977. The lowest BCUT2D eigenvalue weighted by molar-refractivity contribution is 0.111. The SMILES string of the molecule is N#Cc1cc(C=O)nc(N)c1C(F)F. The first kappa shape index (κ1) is 10.1. The summed E-state index contributed by atoms with van der Waals surface area (Å²) in [6.45, 7) is 0. The lowest BCUT2D eigenvalue weighted by Crippen LogP contribution is -2.04. The number of anilines is 1. The third kappa shape index (κ3) is 1.66. The summed E-state index contributed by atoms with van der Waals surface area (Å²) < 4.78 is 24.7. The minimum Gasteiger partial charge on any atom is -0.383 e. The highest BCUT2D eigenvalue weighted by atomic mass is 19.3. The molecule has 6 heteroatoms. The van der Waals surface area contributed by atoms with Crippen LogP contribution in [0.2, 0.25) is 0 Å². The van der Waals surface area contributed by atoms with E-state index in [0.29, 0.717) is 6.29 Å². The van der Waals surface area contributed by atoms with Gasteiger partial charge in [-0.3, -0.25) is 4.79 Å². The van der Waals surface area contributed by atoms with E-state index in [1.54, 1.807) is 0 Å². The quantitative estimate of drug-likeness (QED) is 0.724. The first-order valence-corrected chi connectivity index (χ1v) is 3.54. The highest BCUT2D eigenvalue weighted by Crippen LogP contribution is 2.27. The molecule has 0 aliphatic carbocycles. The number of alkyl halides is 2. The van der Waals surface area contributed by atoms with Crippen molar-refractivity contribution in [3.05, 3.63) is 22.9 Å². The van der Waals surface area contributed by atoms with Crippen molar-refractivity contribution in [1.82, 2.24) is 4.98 Å². The van der Waals surface area contributed by atoms with Crippen LogP contribution in [0.1, 0.15) is 28.0 Å². The fraction of sp³-hybridized carbons (Fsp3) is 0.125. The molecule has 0 amide bonds. The van der Waals surface area contributed by atoms with Gasteiger partial charge in [-0.15, -0.1) is 0 Å². The number of nitrogens with two attached hydrogens (primary N) is 1. The van der Waals surface area contributed by atoms with Crippen LogP contribution in [0.25, 0.3) is 0 Å². The van der Waals surface area contributed by atoms with E-state index in [1.165, 1.54) is 6.07 Å². The maximum absolute atomic E-state index is 12.4. The van der Waals surface area contributed by atoms with Crippen molar-refractivity contribution in [3.63, 3.8) is 0 Å². The molecule has 72 valence electrons. The Kier molecular flexibility index (Phi) is 2.72. The van der Waals surface area contributed by atoms with Crippen molar-refractivity contribution in [2.75, 3.05) is 5.73 Å². The molecule has 1 aromatic rings. The summed E-state index contributed by atoms with van der Waals surface area (Å²) >= 11 is 0. The number of hydrogen-bond donors (Lipinski definition) is 1. The van der Waals surface area contributed by atoms with Crippen molar-refractivity contribution in [3.8, 4) is 6.07 Å². The summed E-state index contributed by atoms with van der Waals surface area (Å²) in [6.07, 6.45) is -2.54. The topological polar surface area (TPSA) is 79.8 Å². The molecule has 0 bridgehead atoms. The second-order valence-electron chi connectivity index (χ2n) is 2.42. The van der Waals surface area contributed by atoms with Crippen LogP contribution in [0.15, 0.2) is 6.07 Å². The van der Waals surface area contributed by atoms with Gasteiger partial charge in [-0.1, -0.05) is 0 Å². The minimum atomic E-state index is -2.88. The highest BCUT2D eigenvalue weighted by molar-refractivity contribution is 5.74. The van der Waals surface area contributed by atoms with E-state index < -0.39 is 17.8 Å². The Morgan fingerprint density at radius 2 is 2.29 bits per heavy atom. The van der Waals surface area contributed by atoms with Crippen molar-refractivity contribution in [2.45, 2.75) is 6.43 Å². The summed E-state index contributed by atoms with van der Waals surface area (Å²) in [5, 5.41) is 8.53. The lowest BCUT2D eigenvalue weighted by atomic mass is 10.1. The molecule has 0 spiro atoms. The molecule has 0 radical (unpaired) electrons. The third-order valence-corrected chi connectivity index (χ3v) is 1.57. The van der Waals surface area contributed by atoms with Gasteiger partial charge in [0.25, 0.3) is 6.43 Å². The molecule has 4 nitrogen and oxygen atoms in total. The third-order valence-electron chi connectivity index (χ3n) is 1.57. The molecular weight excluding hydrogens is 192 g/mol. The van der Waals surface area contributed by atoms with Gasteiger partial charge in [0.1, 0.15) is 11.5 Å². The summed E-state index contributed by atoms with van der Waals surface area (Å²) in [5.41, 5.74) is 4.09. The van der Waals surface area contributed by atoms with Gasteiger partial charge in [-0.2, -0.15) is 5.26 Å². The van der Waals surface area contributed by atoms with Crippen molar-refractivity contribution in [2.24, 2.45) is 0 Å². The fourth-order valence-corrected chi connectivity index (χ4v) is 0.977. The number of hydrogen-bond acceptors (Lipinski definition) is 4. The Hall–Kier alpha value is -2.03. The zero-order valence-corrected chi connectivity index (χ0v) is 6.87. The summed E-state index contributed by atoms with van der Waals surface area (Å²) in [7, 11) is 0. The van der Waals surface area contributed by atoms with Crippen LogP contribution in [0.3, 0.4) is 0 Å². The van der Waals surface area contributed by atoms with Crippen molar-refractivity contribution in [1.29, 1.82) is 5.26 Å². The molecule has 0 atom stereocenters. The molecule has 2 N–H and O–H groups in total. The number of carbonyl (C=O) groups excluding carboxylic acids is 1. The highest BCUT2D eigenvalue weighted by Gasteiger charge is 2.18. The molecule has 0 unspecified atom stereocenters. The predicted octanol–water partition coefficient (Wildman–Crippen LogP) is 1.29. The molecule has 0 aliphatic rings. The Balaban J connectivity index is 3.44. The molecule has 0 aromatic carbocycles. The van der Waals surface area contributed by atoms with Gasteiger partial charge >= 0.3 is 0 Å². The zero-order valence-electron chi connectivity index (χ0n) is 6.87. The van der Waals surface area contributed by atoms with Crippen LogP contribution in [0.4, 0.5) is 14.6 Å². The van der Waals surface area contributed by atoms with E-state index in [4.69, 9.17) is 11.0 Å². The second-order valence-corrected chi connectivity index (χ2v) is 2.42. The summed E-state index contributed by atoms with van der Waals surface area (Å²) in [6, 6.07) is 2.51. The number of aldehydes is 1. The van der Waals surface area contributed by atoms with Crippen LogP contribution < -0.4 is 5.73 Å². The van der Waals surface area contributed by atoms with E-state index in [1.807, 2.05) is 0 Å². The van der Waals surface area contributed by atoms with Crippen LogP contribution in [0, 0.1) is 11.3 Å². The molecular formula is C8H5F2N3O. The largest absolute Gasteiger partial charge is 0.383 e. The number of halogens is 2. The van der Waals surface area contributed by atoms with Gasteiger partial charge in [0, 0.05) is 0 Å². The molecule has 1 rings (SSSR count). The van der Waals surface area contributed by atoms with E-state index in [2.05, 4.69) is 4.98 Å². The number of aromatic nitrogens is 1. The molecule has 1 aromatic heterocycles. The summed E-state index contributed by atoms with van der Waals surface area (Å²) in [5.74, 6) is -0.485. The number of nitrogen functional groups attached to an aromatic ring is 1. The Labute approximate surface area is 78.0 Å². The number of nitrogens with zero attached hydrogens (tertiary/aromatic N) is 2. The second kappa shape index (κ2) is 3.79. The maximum Gasteiger partial charge on any atom is 0.268 e. The zero-order chi connectivity index (χ0) is 10.7. The number of rotatable bonds is 2. The van der Waals surface area contributed by atoms with Gasteiger partial charge in [0.05, 0.1) is 17.2 Å². The number of pyridine rings is 1. The Bertz CT molecular complexity index is 412. The van der Waals surface area contributed by atoms with E-state index >= 15 is 0 Å². The standard InChI is InChI=1S/C8H5F2N3O/c9-7(10)6-4(2-11)1-5(3-14)13-8(6)12/h1,3,7H,(H2,12,13). The normalized spacial score (nSPS) is 9.86. The van der Waals surface area contributed by atoms with Gasteiger partial charge < -0.3 is 5.73 Å². The van der Waals surface area contributed by atoms with Gasteiger partial charge in [-0.05, 0) is 6.07 Å². The first-order chi connectivity index (χ1) is 6.60. The van der Waals surface area contributed by atoms with Gasteiger partial charge in [0.15, 0.2) is 6.29 Å². The maximum atomic E-state index is 12.4. The van der Waals surface area contributed by atoms with Crippen LogP contribution in [-0.2, 0) is 0 Å². The molecule has 14 heavy (non-hydrogen) atoms. The molecule has 0 aliphatic heterocycles. The average Bonchev–Trinajstić information content (AvgIpc) is 2.15. The average molecular weight is 197 g/mol. The van der Waals surface area contributed by atoms with Crippen molar-refractivity contribution >= 4 is 12.1 Å². The first-order valence-electron chi connectivity index (χ1n) is 3.54. The molecule has 0 saturated carbocycles. The number of carbonyl (C=O) groups is 1. The Morgan fingerprint density at radius 3 is 2.71 bits per heavy atom. The minimum absolute atomic E-state index is 0.136. The van der Waals surface area contributed by atoms with E-state index in [0.717, 1.165) is 6.07 Å². The van der Waals surface area contributed by atoms with Crippen LogP contribution in [0.5, 0.6) is 0 Å². The van der Waals surface area contributed by atoms with Gasteiger partial charge in [-0.25, -0.2) is 13.8 Å². The molecule has 1 heterocycles. The van der Waals surface area contributed by atoms with Gasteiger partial charge in [0.2, 0.25) is 0 Å². The molecule has 0 fully saturated rings. The summed E-state index contributed by atoms with van der Waals surface area (Å²) in [4.78, 5) is 13.7.